The number of ketones is 1. The largest absolute Gasteiger partial charge is 0.299 e. The third kappa shape index (κ3) is 2.77. The molecule has 2 atom stereocenters. The van der Waals surface area contributed by atoms with Crippen LogP contribution < -0.4 is 0 Å². The van der Waals surface area contributed by atoms with E-state index >= 15 is 0 Å². The highest BCUT2D eigenvalue weighted by Crippen LogP contribution is 2.34. The lowest BCUT2D eigenvalue weighted by Crippen LogP contribution is -2.23. The summed E-state index contributed by atoms with van der Waals surface area (Å²) in [5, 5.41) is 0. The molecule has 0 aliphatic heterocycles. The fourth-order valence-corrected chi connectivity index (χ4v) is 2.78. The van der Waals surface area contributed by atoms with E-state index < -0.39 is 0 Å². The van der Waals surface area contributed by atoms with Crippen molar-refractivity contribution in [2.24, 2.45) is 5.92 Å². The molecular weight excluding hydrogens is 208 g/mol. The van der Waals surface area contributed by atoms with Gasteiger partial charge in [0, 0.05) is 12.3 Å². The first-order valence-corrected chi connectivity index (χ1v) is 6.86. The van der Waals surface area contributed by atoms with E-state index in [1.165, 1.54) is 17.5 Å². The SMILES string of the molecule is CCc1ccc([C@@H]2CC[C@@H](CC)CC2=O)cc1. The summed E-state index contributed by atoms with van der Waals surface area (Å²) in [6, 6.07) is 8.62. The van der Waals surface area contributed by atoms with Crippen molar-refractivity contribution in [3.8, 4) is 0 Å². The van der Waals surface area contributed by atoms with Crippen LogP contribution in [-0.4, -0.2) is 5.78 Å². The highest BCUT2D eigenvalue weighted by Gasteiger charge is 2.28. The predicted octanol–water partition coefficient (Wildman–Crippen LogP) is 4.11. The Morgan fingerprint density at radius 1 is 1.12 bits per heavy atom. The monoisotopic (exact) mass is 230 g/mol. The Morgan fingerprint density at radius 2 is 1.82 bits per heavy atom. The van der Waals surface area contributed by atoms with Gasteiger partial charge in [-0.25, -0.2) is 0 Å². The van der Waals surface area contributed by atoms with Crippen LogP contribution in [0, 0.1) is 5.92 Å². The number of carbonyl (C=O) groups excluding carboxylic acids is 1. The Balaban J connectivity index is 2.09. The minimum atomic E-state index is 0.170. The summed E-state index contributed by atoms with van der Waals surface area (Å²) < 4.78 is 0. The van der Waals surface area contributed by atoms with Gasteiger partial charge in [0.05, 0.1) is 0 Å². The van der Waals surface area contributed by atoms with Crippen LogP contribution in [0.5, 0.6) is 0 Å². The van der Waals surface area contributed by atoms with Crippen LogP contribution in [0.4, 0.5) is 0 Å². The van der Waals surface area contributed by atoms with Gasteiger partial charge in [-0.15, -0.1) is 0 Å². The molecule has 1 aromatic rings. The molecule has 0 unspecified atom stereocenters. The lowest BCUT2D eigenvalue weighted by molar-refractivity contribution is -0.123. The third-order valence-corrected chi connectivity index (χ3v) is 4.11. The second-order valence-corrected chi connectivity index (χ2v) is 5.17. The van der Waals surface area contributed by atoms with Crippen molar-refractivity contribution in [1.29, 1.82) is 0 Å². The van der Waals surface area contributed by atoms with Gasteiger partial charge in [-0.3, -0.25) is 4.79 Å². The zero-order valence-corrected chi connectivity index (χ0v) is 10.9. The molecule has 1 aliphatic carbocycles. The average molecular weight is 230 g/mol. The molecule has 2 rings (SSSR count). The Hall–Kier alpha value is -1.11. The summed E-state index contributed by atoms with van der Waals surface area (Å²) in [4.78, 5) is 12.1. The Bertz CT molecular complexity index is 377. The maximum atomic E-state index is 12.1. The zero-order chi connectivity index (χ0) is 12.3. The summed E-state index contributed by atoms with van der Waals surface area (Å²) in [6.45, 7) is 4.35. The van der Waals surface area contributed by atoms with Gasteiger partial charge in [-0.1, -0.05) is 44.5 Å². The van der Waals surface area contributed by atoms with Crippen molar-refractivity contribution in [2.75, 3.05) is 0 Å². The first-order chi connectivity index (χ1) is 8.24. The molecule has 0 aromatic heterocycles. The van der Waals surface area contributed by atoms with Crippen LogP contribution in [0.2, 0.25) is 0 Å². The van der Waals surface area contributed by atoms with E-state index in [0.717, 1.165) is 25.7 Å². The molecule has 0 radical (unpaired) electrons. The zero-order valence-electron chi connectivity index (χ0n) is 10.9. The maximum absolute atomic E-state index is 12.1. The van der Waals surface area contributed by atoms with Gasteiger partial charge in [0.15, 0.2) is 0 Å². The molecule has 0 N–H and O–H groups in total. The van der Waals surface area contributed by atoms with Crippen LogP contribution >= 0.6 is 0 Å². The molecule has 0 amide bonds. The van der Waals surface area contributed by atoms with Gasteiger partial charge in [-0.2, -0.15) is 0 Å². The van der Waals surface area contributed by atoms with Gasteiger partial charge < -0.3 is 0 Å². The van der Waals surface area contributed by atoms with Crippen LogP contribution in [0.3, 0.4) is 0 Å². The lowest BCUT2D eigenvalue weighted by atomic mass is 9.77. The number of benzene rings is 1. The van der Waals surface area contributed by atoms with E-state index in [9.17, 15) is 4.79 Å². The van der Waals surface area contributed by atoms with Crippen LogP contribution in [-0.2, 0) is 11.2 Å². The summed E-state index contributed by atoms with van der Waals surface area (Å²) in [6.07, 6.45) is 5.26. The van der Waals surface area contributed by atoms with E-state index in [1.54, 1.807) is 0 Å². The molecule has 1 aliphatic rings. The molecule has 1 aromatic carbocycles. The third-order valence-electron chi connectivity index (χ3n) is 4.11. The van der Waals surface area contributed by atoms with Crippen LogP contribution in [0.25, 0.3) is 0 Å². The van der Waals surface area contributed by atoms with Gasteiger partial charge in [0.25, 0.3) is 0 Å². The summed E-state index contributed by atoms with van der Waals surface area (Å²) in [7, 11) is 0. The second-order valence-electron chi connectivity index (χ2n) is 5.17. The smallest absolute Gasteiger partial charge is 0.140 e. The Kier molecular flexibility index (Phi) is 3.98. The van der Waals surface area contributed by atoms with Gasteiger partial charge >= 0.3 is 0 Å². The molecule has 1 saturated carbocycles. The number of rotatable bonds is 3. The average Bonchev–Trinajstić information content (AvgIpc) is 2.39. The van der Waals surface area contributed by atoms with E-state index in [4.69, 9.17) is 0 Å². The molecule has 1 heteroatoms. The number of hydrogen-bond acceptors (Lipinski definition) is 1. The highest BCUT2D eigenvalue weighted by atomic mass is 16.1. The molecule has 17 heavy (non-hydrogen) atoms. The van der Waals surface area contributed by atoms with Crippen LogP contribution in [0.1, 0.15) is 56.6 Å². The fourth-order valence-electron chi connectivity index (χ4n) is 2.78. The second kappa shape index (κ2) is 5.48. The topological polar surface area (TPSA) is 17.1 Å². The van der Waals surface area contributed by atoms with Crippen molar-refractivity contribution in [2.45, 2.75) is 51.9 Å². The molecule has 0 saturated heterocycles. The lowest BCUT2D eigenvalue weighted by Gasteiger charge is -2.27. The van der Waals surface area contributed by atoms with E-state index in [1.807, 2.05) is 0 Å². The summed E-state index contributed by atoms with van der Waals surface area (Å²) >= 11 is 0. The molecule has 0 heterocycles. The predicted molar refractivity (Wildman–Crippen MR) is 71.2 cm³/mol. The minimum Gasteiger partial charge on any atom is -0.299 e. The molecule has 1 fully saturated rings. The van der Waals surface area contributed by atoms with Gasteiger partial charge in [0.2, 0.25) is 0 Å². The quantitative estimate of drug-likeness (QED) is 0.763. The number of aryl methyl sites for hydroxylation is 1. The Morgan fingerprint density at radius 3 is 2.35 bits per heavy atom. The van der Waals surface area contributed by atoms with Gasteiger partial charge in [0.1, 0.15) is 5.78 Å². The summed E-state index contributed by atoms with van der Waals surface area (Å²) in [5.41, 5.74) is 2.57. The van der Waals surface area contributed by atoms with Crippen molar-refractivity contribution < 1.29 is 4.79 Å². The highest BCUT2D eigenvalue weighted by molar-refractivity contribution is 5.86. The van der Waals surface area contributed by atoms with E-state index in [2.05, 4.69) is 38.1 Å². The maximum Gasteiger partial charge on any atom is 0.140 e. The normalized spacial score (nSPS) is 24.9. The molecule has 0 spiro atoms. The minimum absolute atomic E-state index is 0.170. The number of carbonyl (C=O) groups is 1. The first kappa shape index (κ1) is 12.3. The van der Waals surface area contributed by atoms with Crippen molar-refractivity contribution in [1.82, 2.24) is 0 Å². The molecule has 1 nitrogen and oxygen atoms in total. The fraction of sp³-hybridized carbons (Fsp3) is 0.562. The molecular formula is C16H22O. The number of Topliss-reactive ketones (excluding diaryl/α,β-unsaturated/α-hetero) is 1. The number of hydrogen-bond donors (Lipinski definition) is 0. The standard InChI is InChI=1S/C16H22O/c1-3-12-5-8-14(9-6-12)15-10-7-13(4-2)11-16(15)17/h5-6,8-9,13,15H,3-4,7,10-11H2,1-2H3/t13-,15+/m1/s1. The van der Waals surface area contributed by atoms with Crippen molar-refractivity contribution in [3.63, 3.8) is 0 Å². The summed E-state index contributed by atoms with van der Waals surface area (Å²) in [5.74, 6) is 1.25. The van der Waals surface area contributed by atoms with Gasteiger partial charge in [-0.05, 0) is 36.3 Å². The van der Waals surface area contributed by atoms with Crippen molar-refractivity contribution in [3.05, 3.63) is 35.4 Å². The van der Waals surface area contributed by atoms with E-state index in [-0.39, 0.29) is 5.92 Å². The first-order valence-electron chi connectivity index (χ1n) is 6.86. The molecule has 92 valence electrons. The van der Waals surface area contributed by atoms with E-state index in [0.29, 0.717) is 11.7 Å². The molecule has 0 bridgehead atoms. The Labute approximate surface area is 104 Å². The van der Waals surface area contributed by atoms with Crippen LogP contribution in [0.15, 0.2) is 24.3 Å². The van der Waals surface area contributed by atoms with Crippen molar-refractivity contribution >= 4 is 5.78 Å².